The molecule has 1 rings (SSSR count). The van der Waals surface area contributed by atoms with E-state index < -0.39 is 10.8 Å². The third-order valence-corrected chi connectivity index (χ3v) is 3.67. The molecule has 1 aromatic carbocycles. The Labute approximate surface area is 103 Å². The van der Waals surface area contributed by atoms with E-state index in [9.17, 15) is 9.00 Å². The summed E-state index contributed by atoms with van der Waals surface area (Å²) in [6, 6.07) is 6.97. The maximum atomic E-state index is 11.6. The van der Waals surface area contributed by atoms with E-state index in [4.69, 9.17) is 0 Å². The molecule has 1 atom stereocenters. The number of amides is 1. The molecule has 3 nitrogen and oxygen atoms in total. The van der Waals surface area contributed by atoms with Gasteiger partial charge in [0.2, 0.25) is 0 Å². The number of thiol groups is 1. The van der Waals surface area contributed by atoms with Gasteiger partial charge in [0.05, 0.1) is 0 Å². The van der Waals surface area contributed by atoms with Crippen molar-refractivity contribution >= 4 is 29.3 Å². The molecule has 0 radical (unpaired) electrons. The molecule has 1 aromatic rings. The first kappa shape index (κ1) is 13.3. The first-order valence-electron chi connectivity index (χ1n) is 5.05. The second-order valence-corrected chi connectivity index (χ2v) is 5.62. The molecule has 1 N–H and O–H groups in total. The van der Waals surface area contributed by atoms with Crippen LogP contribution < -0.4 is 5.32 Å². The Morgan fingerprint density at radius 3 is 2.56 bits per heavy atom. The van der Waals surface area contributed by atoms with Crippen LogP contribution in [0.4, 0.5) is 0 Å². The lowest BCUT2D eigenvalue weighted by molar-refractivity contribution is 0.0956. The molecule has 5 heteroatoms. The minimum Gasteiger partial charge on any atom is -0.351 e. The Kier molecular flexibility index (Phi) is 5.55. The molecule has 1 unspecified atom stereocenters. The highest BCUT2D eigenvalue weighted by Gasteiger charge is 2.04. The van der Waals surface area contributed by atoms with Gasteiger partial charge in [-0.05, 0) is 24.3 Å². The normalized spacial score (nSPS) is 12.1. The number of rotatable bonds is 5. The lowest BCUT2D eigenvalue weighted by Gasteiger charge is -2.04. The zero-order valence-corrected chi connectivity index (χ0v) is 10.8. The highest BCUT2D eigenvalue weighted by molar-refractivity contribution is 7.84. The van der Waals surface area contributed by atoms with E-state index in [1.807, 2.05) is 6.92 Å². The lowest BCUT2D eigenvalue weighted by Crippen LogP contribution is -2.27. The van der Waals surface area contributed by atoms with Crippen LogP contribution in [0.15, 0.2) is 29.2 Å². The van der Waals surface area contributed by atoms with E-state index in [0.717, 1.165) is 4.90 Å². The second-order valence-electron chi connectivity index (χ2n) is 3.24. The number of carbonyl (C=O) groups excluding carboxylic acids is 1. The Morgan fingerprint density at radius 1 is 1.38 bits per heavy atom. The highest BCUT2D eigenvalue weighted by Crippen LogP contribution is 2.07. The van der Waals surface area contributed by atoms with Gasteiger partial charge in [0.15, 0.2) is 0 Å². The Balaban J connectivity index is 2.41. The Morgan fingerprint density at radius 2 is 2.00 bits per heavy atom. The summed E-state index contributed by atoms with van der Waals surface area (Å²) >= 11 is 4.14. The average molecular weight is 257 g/mol. The van der Waals surface area contributed by atoms with Gasteiger partial charge in [-0.2, -0.15) is 0 Å². The molecule has 0 fully saturated rings. The van der Waals surface area contributed by atoms with Crippen molar-refractivity contribution in [2.24, 2.45) is 0 Å². The molecule has 0 saturated carbocycles. The van der Waals surface area contributed by atoms with Crippen LogP contribution in [-0.4, -0.2) is 28.2 Å². The summed E-state index contributed by atoms with van der Waals surface area (Å²) in [5, 5.41) is 2.73. The van der Waals surface area contributed by atoms with Crippen LogP contribution in [0, 0.1) is 0 Å². The molecule has 0 heterocycles. The van der Waals surface area contributed by atoms with E-state index in [-0.39, 0.29) is 5.91 Å². The quantitative estimate of drug-likeness (QED) is 0.785. The summed E-state index contributed by atoms with van der Waals surface area (Å²) in [7, 11) is -0.830. The van der Waals surface area contributed by atoms with Crippen molar-refractivity contribution in [2.75, 3.05) is 18.1 Å². The van der Waals surface area contributed by atoms with Crippen LogP contribution in [0.1, 0.15) is 17.3 Å². The van der Waals surface area contributed by atoms with Gasteiger partial charge in [-0.25, -0.2) is 0 Å². The maximum absolute atomic E-state index is 11.6. The zero-order chi connectivity index (χ0) is 12.0. The van der Waals surface area contributed by atoms with Crippen molar-refractivity contribution < 1.29 is 9.00 Å². The Hall–Kier alpha value is -0.810. The molecular formula is C11H15NO2S2. The van der Waals surface area contributed by atoms with E-state index in [0.29, 0.717) is 23.6 Å². The van der Waals surface area contributed by atoms with Crippen LogP contribution in [0.25, 0.3) is 0 Å². The summed E-state index contributed by atoms with van der Waals surface area (Å²) in [6.45, 7) is 2.31. The van der Waals surface area contributed by atoms with Gasteiger partial charge in [-0.15, -0.1) is 12.6 Å². The molecule has 0 spiro atoms. The van der Waals surface area contributed by atoms with E-state index in [2.05, 4.69) is 17.9 Å². The summed E-state index contributed by atoms with van der Waals surface area (Å²) in [4.78, 5) is 12.4. The highest BCUT2D eigenvalue weighted by atomic mass is 32.2. The van der Waals surface area contributed by atoms with Crippen LogP contribution in [0.3, 0.4) is 0 Å². The van der Waals surface area contributed by atoms with E-state index in [1.54, 1.807) is 24.3 Å². The van der Waals surface area contributed by atoms with Crippen molar-refractivity contribution in [2.45, 2.75) is 11.8 Å². The fraction of sp³-hybridized carbons (Fsp3) is 0.364. The predicted octanol–water partition coefficient (Wildman–Crippen LogP) is 1.47. The Bertz CT molecular complexity index is 376. The number of nitrogens with one attached hydrogen (secondary N) is 1. The zero-order valence-electron chi connectivity index (χ0n) is 9.10. The number of carbonyl (C=O) groups is 1. The standard InChI is InChI=1S/C11H15NO2S2/c1-2-16(14)8-7-12-11(13)9-3-5-10(15)6-4-9/h3-6,15H,2,7-8H2,1H3,(H,12,13). The van der Waals surface area contributed by atoms with Crippen LogP contribution in [-0.2, 0) is 10.8 Å². The molecule has 0 aromatic heterocycles. The van der Waals surface area contributed by atoms with Crippen molar-refractivity contribution in [3.05, 3.63) is 29.8 Å². The molecular weight excluding hydrogens is 242 g/mol. The smallest absolute Gasteiger partial charge is 0.251 e. The molecule has 0 saturated heterocycles. The van der Waals surface area contributed by atoms with Gasteiger partial charge in [-0.1, -0.05) is 6.92 Å². The van der Waals surface area contributed by atoms with Crippen molar-refractivity contribution in [1.82, 2.24) is 5.32 Å². The number of hydrogen-bond donors (Lipinski definition) is 2. The minimum absolute atomic E-state index is 0.138. The van der Waals surface area contributed by atoms with Crippen molar-refractivity contribution in [1.29, 1.82) is 0 Å². The second kappa shape index (κ2) is 6.70. The first-order chi connectivity index (χ1) is 7.63. The van der Waals surface area contributed by atoms with Gasteiger partial charge in [-0.3, -0.25) is 9.00 Å². The molecule has 0 bridgehead atoms. The van der Waals surface area contributed by atoms with E-state index in [1.165, 1.54) is 0 Å². The molecule has 1 amide bonds. The van der Waals surface area contributed by atoms with Gasteiger partial charge in [0, 0.05) is 39.3 Å². The molecule has 88 valence electrons. The van der Waals surface area contributed by atoms with Crippen LogP contribution in [0.5, 0.6) is 0 Å². The van der Waals surface area contributed by atoms with E-state index >= 15 is 0 Å². The predicted molar refractivity (Wildman–Crippen MR) is 69.6 cm³/mol. The third-order valence-electron chi connectivity index (χ3n) is 2.07. The van der Waals surface area contributed by atoms with Gasteiger partial charge >= 0.3 is 0 Å². The lowest BCUT2D eigenvalue weighted by atomic mass is 10.2. The van der Waals surface area contributed by atoms with Crippen molar-refractivity contribution in [3.8, 4) is 0 Å². The number of benzene rings is 1. The van der Waals surface area contributed by atoms with Gasteiger partial charge in [0.1, 0.15) is 0 Å². The molecule has 0 aliphatic rings. The van der Waals surface area contributed by atoms with Crippen LogP contribution >= 0.6 is 12.6 Å². The summed E-state index contributed by atoms with van der Waals surface area (Å²) < 4.78 is 11.1. The average Bonchev–Trinajstić information content (AvgIpc) is 2.29. The minimum atomic E-state index is -0.830. The summed E-state index contributed by atoms with van der Waals surface area (Å²) in [6.07, 6.45) is 0. The third kappa shape index (κ3) is 4.37. The van der Waals surface area contributed by atoms with Crippen LogP contribution in [0.2, 0.25) is 0 Å². The summed E-state index contributed by atoms with van der Waals surface area (Å²) in [5.74, 6) is 0.998. The van der Waals surface area contributed by atoms with Gasteiger partial charge < -0.3 is 5.32 Å². The summed E-state index contributed by atoms with van der Waals surface area (Å²) in [5.41, 5.74) is 0.597. The van der Waals surface area contributed by atoms with Gasteiger partial charge in [0.25, 0.3) is 5.91 Å². The van der Waals surface area contributed by atoms with Crippen molar-refractivity contribution in [3.63, 3.8) is 0 Å². The molecule has 0 aliphatic heterocycles. The number of hydrogen-bond acceptors (Lipinski definition) is 3. The maximum Gasteiger partial charge on any atom is 0.251 e. The topological polar surface area (TPSA) is 46.2 Å². The fourth-order valence-electron chi connectivity index (χ4n) is 1.14. The largest absolute Gasteiger partial charge is 0.351 e. The molecule has 16 heavy (non-hydrogen) atoms. The first-order valence-corrected chi connectivity index (χ1v) is 6.99. The fourth-order valence-corrected chi connectivity index (χ4v) is 1.91. The monoisotopic (exact) mass is 257 g/mol. The molecule has 0 aliphatic carbocycles. The SMILES string of the molecule is CCS(=O)CCNC(=O)c1ccc(S)cc1.